The van der Waals surface area contributed by atoms with Gasteiger partial charge in [0, 0.05) is 12.5 Å². The van der Waals surface area contributed by atoms with Gasteiger partial charge in [0.25, 0.3) is 0 Å². The molecule has 3 nitrogen and oxygen atoms in total. The number of hydrogen-bond donors (Lipinski definition) is 2. The molecular formula is C13H19NO2. The molecule has 0 spiro atoms. The second kappa shape index (κ2) is 5.66. The number of benzene rings is 1. The van der Waals surface area contributed by atoms with Gasteiger partial charge in [0.2, 0.25) is 0 Å². The highest BCUT2D eigenvalue weighted by atomic mass is 16.4. The minimum atomic E-state index is -0.749. The SMILES string of the molecule is CNC(c1ccccc1C)C(C)CC(=O)O. The van der Waals surface area contributed by atoms with Gasteiger partial charge in [0.15, 0.2) is 0 Å². The molecule has 0 aliphatic rings. The highest BCUT2D eigenvalue weighted by Gasteiger charge is 2.20. The van der Waals surface area contributed by atoms with Crippen molar-refractivity contribution < 1.29 is 9.90 Å². The average molecular weight is 221 g/mol. The number of aryl methyl sites for hydroxylation is 1. The number of carboxylic acid groups (broad SMARTS) is 1. The monoisotopic (exact) mass is 221 g/mol. The Kier molecular flexibility index (Phi) is 4.50. The second-order valence-electron chi connectivity index (χ2n) is 4.20. The molecule has 0 aliphatic heterocycles. The van der Waals surface area contributed by atoms with Gasteiger partial charge in [-0.2, -0.15) is 0 Å². The van der Waals surface area contributed by atoms with Crippen LogP contribution >= 0.6 is 0 Å². The first-order valence-corrected chi connectivity index (χ1v) is 5.50. The molecule has 0 fully saturated rings. The van der Waals surface area contributed by atoms with Crippen LogP contribution in [0.3, 0.4) is 0 Å². The van der Waals surface area contributed by atoms with Crippen LogP contribution in [0.1, 0.15) is 30.5 Å². The number of carboxylic acids is 1. The molecule has 16 heavy (non-hydrogen) atoms. The highest BCUT2D eigenvalue weighted by molar-refractivity contribution is 5.67. The zero-order valence-electron chi connectivity index (χ0n) is 10.0. The molecule has 1 aromatic rings. The molecule has 2 atom stereocenters. The Morgan fingerprint density at radius 2 is 2.06 bits per heavy atom. The summed E-state index contributed by atoms with van der Waals surface area (Å²) in [5.74, 6) is -0.676. The minimum Gasteiger partial charge on any atom is -0.481 e. The minimum absolute atomic E-state index is 0.0728. The van der Waals surface area contributed by atoms with Crippen molar-refractivity contribution >= 4 is 5.97 Å². The van der Waals surface area contributed by atoms with Crippen LogP contribution in [0.15, 0.2) is 24.3 Å². The average Bonchev–Trinajstić information content (AvgIpc) is 2.20. The first-order chi connectivity index (χ1) is 7.56. The topological polar surface area (TPSA) is 49.3 Å². The van der Waals surface area contributed by atoms with Gasteiger partial charge in [-0.15, -0.1) is 0 Å². The lowest BCUT2D eigenvalue weighted by atomic mass is 9.89. The van der Waals surface area contributed by atoms with Crippen LogP contribution in [-0.4, -0.2) is 18.1 Å². The fourth-order valence-electron chi connectivity index (χ4n) is 2.08. The van der Waals surface area contributed by atoms with Gasteiger partial charge in [-0.05, 0) is 31.0 Å². The zero-order valence-corrected chi connectivity index (χ0v) is 10.0. The molecule has 0 saturated carbocycles. The predicted molar refractivity (Wildman–Crippen MR) is 64.4 cm³/mol. The molecule has 0 heterocycles. The van der Waals surface area contributed by atoms with Crippen molar-refractivity contribution in [3.05, 3.63) is 35.4 Å². The Labute approximate surface area is 96.5 Å². The van der Waals surface area contributed by atoms with Crippen LogP contribution < -0.4 is 5.32 Å². The van der Waals surface area contributed by atoms with E-state index in [1.54, 1.807) is 0 Å². The maximum absolute atomic E-state index is 10.7. The third-order valence-corrected chi connectivity index (χ3v) is 2.90. The van der Waals surface area contributed by atoms with Gasteiger partial charge in [-0.25, -0.2) is 0 Å². The predicted octanol–water partition coefficient (Wildman–Crippen LogP) is 2.37. The van der Waals surface area contributed by atoms with Crippen LogP contribution in [-0.2, 0) is 4.79 Å². The van der Waals surface area contributed by atoms with Crippen LogP contribution in [0.2, 0.25) is 0 Å². The lowest BCUT2D eigenvalue weighted by Gasteiger charge is -2.24. The van der Waals surface area contributed by atoms with Crippen LogP contribution in [0.5, 0.6) is 0 Å². The molecule has 0 radical (unpaired) electrons. The van der Waals surface area contributed by atoms with E-state index in [0.717, 1.165) is 0 Å². The lowest BCUT2D eigenvalue weighted by molar-refractivity contribution is -0.138. The van der Waals surface area contributed by atoms with E-state index in [9.17, 15) is 4.79 Å². The Balaban J connectivity index is 2.90. The normalized spacial score (nSPS) is 14.4. The van der Waals surface area contributed by atoms with Crippen molar-refractivity contribution in [2.45, 2.75) is 26.3 Å². The zero-order chi connectivity index (χ0) is 12.1. The third kappa shape index (κ3) is 3.07. The smallest absolute Gasteiger partial charge is 0.303 e. The molecule has 2 unspecified atom stereocenters. The molecule has 1 aromatic carbocycles. The van der Waals surface area contributed by atoms with Crippen molar-refractivity contribution in [2.24, 2.45) is 5.92 Å². The van der Waals surface area contributed by atoms with E-state index >= 15 is 0 Å². The highest BCUT2D eigenvalue weighted by Crippen LogP contribution is 2.26. The summed E-state index contributed by atoms with van der Waals surface area (Å²) in [7, 11) is 1.87. The quantitative estimate of drug-likeness (QED) is 0.802. The van der Waals surface area contributed by atoms with E-state index in [2.05, 4.69) is 11.4 Å². The number of aliphatic carboxylic acids is 1. The molecule has 3 heteroatoms. The standard InChI is InChI=1S/C13H19NO2/c1-9-6-4-5-7-11(9)13(14-3)10(2)8-12(15)16/h4-7,10,13-14H,8H2,1-3H3,(H,15,16). The van der Waals surface area contributed by atoms with Gasteiger partial charge in [0.05, 0.1) is 0 Å². The van der Waals surface area contributed by atoms with E-state index in [4.69, 9.17) is 5.11 Å². The summed E-state index contributed by atoms with van der Waals surface area (Å²) in [5.41, 5.74) is 2.37. The first-order valence-electron chi connectivity index (χ1n) is 5.50. The number of hydrogen-bond acceptors (Lipinski definition) is 2. The Bertz CT molecular complexity index is 363. The van der Waals surface area contributed by atoms with E-state index in [1.807, 2.05) is 39.1 Å². The van der Waals surface area contributed by atoms with Crippen molar-refractivity contribution in [1.82, 2.24) is 5.32 Å². The molecule has 0 aliphatic carbocycles. The van der Waals surface area contributed by atoms with E-state index in [1.165, 1.54) is 11.1 Å². The number of carbonyl (C=O) groups is 1. The van der Waals surface area contributed by atoms with Gasteiger partial charge >= 0.3 is 5.97 Å². The molecule has 1 rings (SSSR count). The molecule has 0 bridgehead atoms. The summed E-state index contributed by atoms with van der Waals surface area (Å²) in [6, 6.07) is 8.17. The summed E-state index contributed by atoms with van der Waals surface area (Å²) >= 11 is 0. The van der Waals surface area contributed by atoms with E-state index in [0.29, 0.717) is 0 Å². The van der Waals surface area contributed by atoms with Crippen molar-refractivity contribution in [3.8, 4) is 0 Å². The maximum atomic E-state index is 10.7. The second-order valence-corrected chi connectivity index (χ2v) is 4.20. The number of nitrogens with one attached hydrogen (secondary N) is 1. The summed E-state index contributed by atoms with van der Waals surface area (Å²) < 4.78 is 0. The molecule has 0 saturated heterocycles. The molecule has 88 valence electrons. The van der Waals surface area contributed by atoms with Crippen molar-refractivity contribution in [1.29, 1.82) is 0 Å². The largest absolute Gasteiger partial charge is 0.481 e. The first kappa shape index (κ1) is 12.7. The van der Waals surface area contributed by atoms with Gasteiger partial charge in [0.1, 0.15) is 0 Å². The van der Waals surface area contributed by atoms with Crippen molar-refractivity contribution in [3.63, 3.8) is 0 Å². The van der Waals surface area contributed by atoms with Crippen molar-refractivity contribution in [2.75, 3.05) is 7.05 Å². The summed E-state index contributed by atoms with van der Waals surface area (Å²) in [6.07, 6.45) is 0.180. The van der Waals surface area contributed by atoms with E-state index < -0.39 is 5.97 Å². The van der Waals surface area contributed by atoms with Crippen LogP contribution in [0.4, 0.5) is 0 Å². The molecule has 0 aromatic heterocycles. The summed E-state index contributed by atoms with van der Waals surface area (Å²) in [6.45, 7) is 4.01. The fraction of sp³-hybridized carbons (Fsp3) is 0.462. The molecule has 0 amide bonds. The summed E-state index contributed by atoms with van der Waals surface area (Å²) in [5, 5.41) is 12.0. The van der Waals surface area contributed by atoms with Crippen LogP contribution in [0, 0.1) is 12.8 Å². The fourth-order valence-corrected chi connectivity index (χ4v) is 2.08. The Morgan fingerprint density at radius 3 is 2.56 bits per heavy atom. The third-order valence-electron chi connectivity index (χ3n) is 2.90. The van der Waals surface area contributed by atoms with Gasteiger partial charge in [-0.3, -0.25) is 4.79 Å². The Morgan fingerprint density at radius 1 is 1.44 bits per heavy atom. The molecule has 2 N–H and O–H groups in total. The maximum Gasteiger partial charge on any atom is 0.303 e. The van der Waals surface area contributed by atoms with E-state index in [-0.39, 0.29) is 18.4 Å². The Hall–Kier alpha value is -1.35. The summed E-state index contributed by atoms with van der Waals surface area (Å²) in [4.78, 5) is 10.7. The van der Waals surface area contributed by atoms with Gasteiger partial charge in [-0.1, -0.05) is 31.2 Å². The molecular weight excluding hydrogens is 202 g/mol. The number of rotatable bonds is 5. The van der Waals surface area contributed by atoms with Gasteiger partial charge < -0.3 is 10.4 Å². The van der Waals surface area contributed by atoms with Crippen LogP contribution in [0.25, 0.3) is 0 Å². The lowest BCUT2D eigenvalue weighted by Crippen LogP contribution is -2.25.